The molecule has 3 aromatic rings. The minimum atomic E-state index is 0. The molecule has 0 saturated carbocycles. The van der Waals surface area contributed by atoms with E-state index < -0.39 is 0 Å². The van der Waals surface area contributed by atoms with Gasteiger partial charge < -0.3 is 15.2 Å². The van der Waals surface area contributed by atoms with Gasteiger partial charge in [-0.2, -0.15) is 0 Å². The normalized spacial score (nSPS) is 11.2. The van der Waals surface area contributed by atoms with Crippen LogP contribution in [0.1, 0.15) is 11.3 Å². The molecule has 0 amide bonds. The lowest BCUT2D eigenvalue weighted by Crippen LogP contribution is -2.36. The number of imidazole rings is 1. The van der Waals surface area contributed by atoms with Crippen LogP contribution in [-0.4, -0.2) is 32.1 Å². The number of rotatable bonds is 5. The molecule has 0 radical (unpaired) electrons. The van der Waals surface area contributed by atoms with Crippen LogP contribution in [0.2, 0.25) is 10.2 Å². The second kappa shape index (κ2) is 9.95. The van der Waals surface area contributed by atoms with Crippen molar-refractivity contribution in [1.82, 2.24) is 29.7 Å². The Bertz CT molecular complexity index is 906. The van der Waals surface area contributed by atoms with E-state index in [4.69, 9.17) is 23.2 Å². The van der Waals surface area contributed by atoms with E-state index in [9.17, 15) is 0 Å². The zero-order valence-corrected chi connectivity index (χ0v) is 18.7. The fourth-order valence-corrected chi connectivity index (χ4v) is 2.86. The van der Waals surface area contributed by atoms with Crippen molar-refractivity contribution in [3.63, 3.8) is 0 Å². The maximum absolute atomic E-state index is 6.09. The standard InChI is InChI=1S/C17H19Cl2N7.HI/c1-20-17(24-10-13-8-14(18)16(19)25(13)2)23-9-12-3-4-22-15(7-12)26-6-5-21-11-26;/h3-8,11H,9-10H2,1-2H3,(H2,20,23,24);1H. The highest BCUT2D eigenvalue weighted by molar-refractivity contribution is 14.0. The highest BCUT2D eigenvalue weighted by Gasteiger charge is 2.09. The topological polar surface area (TPSA) is 72.1 Å². The summed E-state index contributed by atoms with van der Waals surface area (Å²) in [4.78, 5) is 12.6. The average Bonchev–Trinajstić information content (AvgIpc) is 3.27. The second-order valence-electron chi connectivity index (χ2n) is 5.61. The van der Waals surface area contributed by atoms with Crippen molar-refractivity contribution >= 4 is 53.1 Å². The molecule has 3 rings (SSSR count). The molecule has 27 heavy (non-hydrogen) atoms. The summed E-state index contributed by atoms with van der Waals surface area (Å²) in [6.45, 7) is 1.16. The first kappa shape index (κ1) is 21.5. The molecular weight excluding hydrogens is 500 g/mol. The van der Waals surface area contributed by atoms with Crippen molar-refractivity contribution < 1.29 is 0 Å². The van der Waals surface area contributed by atoms with Crippen molar-refractivity contribution in [2.24, 2.45) is 12.0 Å². The van der Waals surface area contributed by atoms with Gasteiger partial charge in [-0.05, 0) is 23.8 Å². The van der Waals surface area contributed by atoms with Gasteiger partial charge in [0.25, 0.3) is 0 Å². The predicted octanol–water partition coefficient (Wildman–Crippen LogP) is 3.40. The SMILES string of the molecule is CN=C(NCc1ccnc(-n2ccnc2)c1)NCc1cc(Cl)c(Cl)n1C.I. The Kier molecular flexibility index (Phi) is 7.93. The number of nitrogens with one attached hydrogen (secondary N) is 2. The van der Waals surface area contributed by atoms with Crippen molar-refractivity contribution in [2.75, 3.05) is 7.05 Å². The molecule has 7 nitrogen and oxygen atoms in total. The first-order chi connectivity index (χ1) is 12.6. The van der Waals surface area contributed by atoms with Gasteiger partial charge in [0.2, 0.25) is 0 Å². The minimum Gasteiger partial charge on any atom is -0.352 e. The van der Waals surface area contributed by atoms with Gasteiger partial charge in [-0.25, -0.2) is 9.97 Å². The van der Waals surface area contributed by atoms with Crippen LogP contribution < -0.4 is 10.6 Å². The third-order valence-corrected chi connectivity index (χ3v) is 4.76. The molecule has 0 unspecified atom stereocenters. The molecular formula is C17H20Cl2IN7. The third-order valence-electron chi connectivity index (χ3n) is 3.92. The number of guanidine groups is 1. The lowest BCUT2D eigenvalue weighted by atomic mass is 10.2. The Hall–Kier alpha value is -1.78. The van der Waals surface area contributed by atoms with Crippen LogP contribution in [0.4, 0.5) is 0 Å². The summed E-state index contributed by atoms with van der Waals surface area (Å²) in [5, 5.41) is 7.59. The largest absolute Gasteiger partial charge is 0.352 e. The van der Waals surface area contributed by atoms with Gasteiger partial charge >= 0.3 is 0 Å². The molecule has 0 atom stereocenters. The van der Waals surface area contributed by atoms with E-state index in [0.717, 1.165) is 17.1 Å². The molecule has 2 N–H and O–H groups in total. The summed E-state index contributed by atoms with van der Waals surface area (Å²) in [7, 11) is 3.60. The molecule has 3 aromatic heterocycles. The molecule has 144 valence electrons. The summed E-state index contributed by atoms with van der Waals surface area (Å²) >= 11 is 12.1. The van der Waals surface area contributed by atoms with Gasteiger partial charge in [0.05, 0.1) is 11.6 Å². The Balaban J connectivity index is 0.00000261. The molecule has 0 spiro atoms. The number of halogens is 3. The number of aliphatic imine (C=N–C) groups is 1. The van der Waals surface area contributed by atoms with Crippen molar-refractivity contribution in [1.29, 1.82) is 0 Å². The summed E-state index contributed by atoms with van der Waals surface area (Å²) in [6.07, 6.45) is 7.07. The van der Waals surface area contributed by atoms with E-state index in [1.807, 2.05) is 40.6 Å². The highest BCUT2D eigenvalue weighted by atomic mass is 127. The van der Waals surface area contributed by atoms with E-state index in [2.05, 4.69) is 25.6 Å². The van der Waals surface area contributed by atoms with Gasteiger partial charge in [-0.3, -0.25) is 9.56 Å². The number of hydrogen-bond donors (Lipinski definition) is 2. The maximum Gasteiger partial charge on any atom is 0.191 e. The Morgan fingerprint density at radius 2 is 1.96 bits per heavy atom. The van der Waals surface area contributed by atoms with Crippen LogP contribution in [0.15, 0.2) is 48.1 Å². The Morgan fingerprint density at radius 3 is 2.59 bits per heavy atom. The molecule has 3 heterocycles. The number of hydrogen-bond acceptors (Lipinski definition) is 3. The molecule has 10 heteroatoms. The molecule has 0 fully saturated rings. The van der Waals surface area contributed by atoms with Crippen molar-refractivity contribution in [3.8, 4) is 5.82 Å². The highest BCUT2D eigenvalue weighted by Crippen LogP contribution is 2.24. The van der Waals surface area contributed by atoms with E-state index in [0.29, 0.717) is 29.2 Å². The zero-order chi connectivity index (χ0) is 18.5. The fourth-order valence-electron chi connectivity index (χ4n) is 2.45. The molecule has 0 bridgehead atoms. The van der Waals surface area contributed by atoms with Crippen molar-refractivity contribution in [2.45, 2.75) is 13.1 Å². The average molecular weight is 520 g/mol. The van der Waals surface area contributed by atoms with E-state index >= 15 is 0 Å². The Labute approximate surface area is 184 Å². The summed E-state index contributed by atoms with van der Waals surface area (Å²) < 4.78 is 3.70. The van der Waals surface area contributed by atoms with E-state index in [1.165, 1.54) is 0 Å². The summed E-state index contributed by atoms with van der Waals surface area (Å²) in [5.41, 5.74) is 2.05. The first-order valence-corrected chi connectivity index (χ1v) is 8.71. The lowest BCUT2D eigenvalue weighted by molar-refractivity contribution is 0.749. The molecule has 0 aliphatic carbocycles. The van der Waals surface area contributed by atoms with Gasteiger partial charge in [0.1, 0.15) is 17.3 Å². The third kappa shape index (κ3) is 5.36. The van der Waals surface area contributed by atoms with Gasteiger partial charge in [-0.1, -0.05) is 23.2 Å². The van der Waals surface area contributed by atoms with Crippen LogP contribution in [0.25, 0.3) is 5.82 Å². The number of aromatic nitrogens is 4. The lowest BCUT2D eigenvalue weighted by Gasteiger charge is -2.13. The van der Waals surface area contributed by atoms with Gasteiger partial charge in [0, 0.05) is 44.9 Å². The van der Waals surface area contributed by atoms with Crippen LogP contribution in [-0.2, 0) is 20.1 Å². The fraction of sp³-hybridized carbons (Fsp3) is 0.235. The van der Waals surface area contributed by atoms with Crippen LogP contribution in [0.5, 0.6) is 0 Å². The smallest absolute Gasteiger partial charge is 0.191 e. The summed E-state index contributed by atoms with van der Waals surface area (Å²) in [6, 6.07) is 5.79. The monoisotopic (exact) mass is 519 g/mol. The number of pyridine rings is 1. The quantitative estimate of drug-likeness (QED) is 0.308. The van der Waals surface area contributed by atoms with E-state index in [-0.39, 0.29) is 24.0 Å². The maximum atomic E-state index is 6.09. The van der Waals surface area contributed by atoms with Gasteiger partial charge in [-0.15, -0.1) is 24.0 Å². The summed E-state index contributed by atoms with van der Waals surface area (Å²) in [5.74, 6) is 1.50. The van der Waals surface area contributed by atoms with Crippen LogP contribution >= 0.6 is 47.2 Å². The van der Waals surface area contributed by atoms with Crippen LogP contribution in [0, 0.1) is 0 Å². The van der Waals surface area contributed by atoms with Crippen LogP contribution in [0.3, 0.4) is 0 Å². The van der Waals surface area contributed by atoms with Crippen molar-refractivity contribution in [3.05, 3.63) is 64.6 Å². The molecule has 0 saturated heterocycles. The van der Waals surface area contributed by atoms with E-state index in [1.54, 1.807) is 25.8 Å². The predicted molar refractivity (Wildman–Crippen MR) is 119 cm³/mol. The molecule has 0 aromatic carbocycles. The number of nitrogens with zero attached hydrogens (tertiary/aromatic N) is 5. The first-order valence-electron chi connectivity index (χ1n) is 7.96. The zero-order valence-electron chi connectivity index (χ0n) is 14.9. The minimum absolute atomic E-state index is 0. The Morgan fingerprint density at radius 1 is 1.19 bits per heavy atom. The van der Waals surface area contributed by atoms with Gasteiger partial charge in [0.15, 0.2) is 5.96 Å². The second-order valence-corrected chi connectivity index (χ2v) is 6.37. The molecule has 0 aliphatic heterocycles. The molecule has 0 aliphatic rings.